The fraction of sp³-hybridized carbons (Fsp3) is 0.0500. The number of hydrogen-bond donors (Lipinski definition) is 2. The van der Waals surface area contributed by atoms with Crippen molar-refractivity contribution in [3.63, 3.8) is 0 Å². The summed E-state index contributed by atoms with van der Waals surface area (Å²) in [5, 5.41) is 28.6. The third-order valence-electron chi connectivity index (χ3n) is 8.22. The maximum atomic E-state index is 12.7. The van der Waals surface area contributed by atoms with Gasteiger partial charge in [-0.3, -0.25) is 20.2 Å². The Morgan fingerprint density at radius 3 is 1.43 bits per heavy atom. The van der Waals surface area contributed by atoms with Crippen molar-refractivity contribution in [2.75, 3.05) is 25.3 Å². The van der Waals surface area contributed by atoms with E-state index in [9.17, 15) is 24.6 Å². The van der Waals surface area contributed by atoms with Crippen molar-refractivity contribution in [2.45, 2.75) is 0 Å². The molecule has 53 heavy (non-hydrogen) atoms. The number of non-ortho nitro benzene ring substituents is 2. The molecule has 0 spiro atoms. The number of anilines is 3. The second-order valence-corrected chi connectivity index (χ2v) is 11.4. The van der Waals surface area contributed by atoms with E-state index in [0.29, 0.717) is 11.4 Å². The first-order valence-electron chi connectivity index (χ1n) is 16.1. The lowest BCUT2D eigenvalue weighted by molar-refractivity contribution is -0.385. The molecular weight excluding hydrogens is 679 g/mol. The zero-order chi connectivity index (χ0) is 37.5. The summed E-state index contributed by atoms with van der Waals surface area (Å²) in [4.78, 5) is 29.4. The maximum Gasteiger partial charge on any atom is 0.273 e. The topological polar surface area (TPSA) is 169 Å². The van der Waals surface area contributed by atoms with Gasteiger partial charge in [0, 0.05) is 33.7 Å². The molecule has 12 nitrogen and oxygen atoms in total. The second kappa shape index (κ2) is 15.6. The van der Waals surface area contributed by atoms with Gasteiger partial charge in [0.1, 0.15) is 5.75 Å². The van der Waals surface area contributed by atoms with Crippen LogP contribution in [0.3, 0.4) is 0 Å². The number of hydrogen-bond acceptors (Lipinski definition) is 10. The molecule has 8 rings (SSSR count). The van der Waals surface area contributed by atoms with Crippen molar-refractivity contribution in [2.24, 2.45) is 0 Å². The van der Waals surface area contributed by atoms with Gasteiger partial charge >= 0.3 is 0 Å². The van der Waals surface area contributed by atoms with Crippen LogP contribution in [-0.2, 0) is 0 Å². The predicted molar refractivity (Wildman–Crippen MR) is 205 cm³/mol. The van der Waals surface area contributed by atoms with Crippen molar-refractivity contribution < 1.29 is 23.7 Å². The van der Waals surface area contributed by atoms with Gasteiger partial charge in [-0.1, -0.05) is 72.8 Å². The van der Waals surface area contributed by atoms with E-state index in [2.05, 4.69) is 15.0 Å². The summed E-state index contributed by atoms with van der Waals surface area (Å²) in [6, 6.07) is 39.2. The highest BCUT2D eigenvalue weighted by Crippen LogP contribution is 2.37. The molecule has 0 atom stereocenters. The number of rotatable bonds is 6. The Kier molecular flexibility index (Phi) is 10.5. The molecule has 0 aliphatic carbocycles. The summed E-state index contributed by atoms with van der Waals surface area (Å²) in [7, 11) is 2.75. The monoisotopic (exact) mass is 710 g/mol. The molecule has 264 valence electrons. The minimum absolute atomic E-state index is 0.0168. The van der Waals surface area contributed by atoms with Gasteiger partial charge in [-0.05, 0) is 36.4 Å². The minimum Gasteiger partial charge on any atom is -0.494 e. The van der Waals surface area contributed by atoms with Crippen LogP contribution in [0.5, 0.6) is 11.5 Å². The Morgan fingerprint density at radius 1 is 0.585 bits per heavy atom. The van der Waals surface area contributed by atoms with Crippen molar-refractivity contribution in [3.8, 4) is 11.5 Å². The van der Waals surface area contributed by atoms with Crippen LogP contribution in [-0.4, -0.2) is 34.0 Å². The van der Waals surface area contributed by atoms with Crippen LogP contribution in [0, 0.1) is 26.0 Å². The van der Waals surface area contributed by atoms with Gasteiger partial charge in [0.15, 0.2) is 11.6 Å². The molecule has 13 heteroatoms. The Bertz CT molecular complexity index is 2530. The molecule has 2 heterocycles. The van der Waals surface area contributed by atoms with Crippen LogP contribution in [0.4, 0.5) is 32.8 Å². The zero-order valence-electron chi connectivity index (χ0n) is 28.4. The highest BCUT2D eigenvalue weighted by Gasteiger charge is 2.15. The fourth-order valence-electron chi connectivity index (χ4n) is 5.64. The van der Waals surface area contributed by atoms with Crippen LogP contribution in [0.15, 0.2) is 133 Å². The van der Waals surface area contributed by atoms with Crippen molar-refractivity contribution in [3.05, 3.63) is 160 Å². The van der Waals surface area contributed by atoms with Crippen molar-refractivity contribution >= 4 is 72.0 Å². The average molecular weight is 711 g/mol. The largest absolute Gasteiger partial charge is 0.494 e. The lowest BCUT2D eigenvalue weighted by atomic mass is 10.1. The number of nitrogens with one attached hydrogen (secondary N) is 1. The minimum atomic E-state index is -0.609. The number of pyridine rings is 2. The molecule has 0 amide bonds. The molecule has 6 aromatic carbocycles. The highest BCUT2D eigenvalue weighted by molar-refractivity contribution is 6.09. The van der Waals surface area contributed by atoms with E-state index in [1.807, 2.05) is 97.1 Å². The number of nitro groups is 2. The average Bonchev–Trinajstić information content (AvgIpc) is 3.18. The van der Waals surface area contributed by atoms with Crippen LogP contribution in [0.1, 0.15) is 0 Å². The lowest BCUT2D eigenvalue weighted by Crippen LogP contribution is -1.99. The summed E-state index contributed by atoms with van der Waals surface area (Å²) in [5.74, 6) is -0.323. The summed E-state index contributed by atoms with van der Waals surface area (Å²) in [6.07, 6.45) is 0. The first-order valence-corrected chi connectivity index (χ1v) is 16.1. The van der Waals surface area contributed by atoms with E-state index in [1.54, 1.807) is 6.07 Å². The van der Waals surface area contributed by atoms with E-state index in [0.717, 1.165) is 73.2 Å². The Morgan fingerprint density at radius 2 is 0.981 bits per heavy atom. The number of fused-ring (bicyclic) bond motifs is 4. The van der Waals surface area contributed by atoms with Gasteiger partial charge < -0.3 is 20.5 Å². The third kappa shape index (κ3) is 7.68. The van der Waals surface area contributed by atoms with Gasteiger partial charge in [0.05, 0.1) is 75.3 Å². The first kappa shape index (κ1) is 35.4. The van der Waals surface area contributed by atoms with Crippen LogP contribution in [0.2, 0.25) is 0 Å². The molecule has 0 aliphatic rings. The van der Waals surface area contributed by atoms with Crippen molar-refractivity contribution in [1.82, 2.24) is 9.97 Å². The van der Waals surface area contributed by atoms with E-state index < -0.39 is 15.7 Å². The van der Waals surface area contributed by atoms with Crippen LogP contribution >= 0.6 is 0 Å². The normalized spacial score (nSPS) is 10.5. The van der Waals surface area contributed by atoms with E-state index in [1.165, 1.54) is 26.4 Å². The third-order valence-corrected chi connectivity index (χ3v) is 8.22. The number of halogens is 1. The molecule has 0 aliphatic heterocycles. The molecule has 0 radical (unpaired) electrons. The van der Waals surface area contributed by atoms with Gasteiger partial charge in [-0.25, -0.2) is 14.4 Å². The number of methoxy groups -OCH3 is 2. The number of para-hydroxylation sites is 4. The highest BCUT2D eigenvalue weighted by atomic mass is 19.1. The number of nitrogens with zero attached hydrogens (tertiary/aromatic N) is 4. The Hall–Kier alpha value is -7.41. The van der Waals surface area contributed by atoms with Crippen molar-refractivity contribution in [1.29, 1.82) is 0 Å². The summed E-state index contributed by atoms with van der Waals surface area (Å²) in [6.45, 7) is 0. The number of aromatic nitrogens is 2. The predicted octanol–water partition coefficient (Wildman–Crippen LogP) is 9.76. The van der Waals surface area contributed by atoms with Gasteiger partial charge in [-0.2, -0.15) is 0 Å². The number of nitrogen functional groups attached to an aromatic ring is 1. The van der Waals surface area contributed by atoms with E-state index in [4.69, 9.17) is 15.5 Å². The fourth-order valence-corrected chi connectivity index (χ4v) is 5.64. The molecule has 0 fully saturated rings. The zero-order valence-corrected chi connectivity index (χ0v) is 28.4. The van der Waals surface area contributed by atoms with Gasteiger partial charge in [0.25, 0.3) is 11.4 Å². The summed E-state index contributed by atoms with van der Waals surface area (Å²) >= 11 is 0. The van der Waals surface area contributed by atoms with E-state index in [-0.39, 0.29) is 17.1 Å². The molecule has 0 bridgehead atoms. The van der Waals surface area contributed by atoms with Gasteiger partial charge in [-0.15, -0.1) is 0 Å². The Balaban J connectivity index is 0.000000150. The van der Waals surface area contributed by atoms with Crippen LogP contribution in [0.25, 0.3) is 43.6 Å². The summed E-state index contributed by atoms with van der Waals surface area (Å²) < 4.78 is 22.6. The number of nitrogens with two attached hydrogens (primary N) is 1. The smallest absolute Gasteiger partial charge is 0.273 e. The Labute approximate surface area is 301 Å². The van der Waals surface area contributed by atoms with Crippen LogP contribution < -0.4 is 20.5 Å². The molecule has 0 saturated carbocycles. The molecule has 0 unspecified atom stereocenters. The molecule has 0 saturated heterocycles. The molecular formula is C40H31FN6O6. The second-order valence-electron chi connectivity index (χ2n) is 11.4. The molecule has 8 aromatic rings. The molecule has 3 N–H and O–H groups in total. The molecule has 2 aromatic heterocycles. The number of benzene rings is 6. The maximum absolute atomic E-state index is 12.7. The number of ether oxygens (including phenoxy) is 2. The quantitative estimate of drug-likeness (QED) is 0.0962. The number of nitro benzene ring substituents is 2. The van der Waals surface area contributed by atoms with Gasteiger partial charge in [0.2, 0.25) is 0 Å². The standard InChI is InChI=1S/C20H15N3O3.C13H10N2.C7H6FNO3/c1-26-19-12-13(23(24)25)10-11-18(19)22-20-14-6-2-4-8-16(14)21-17-9-5-3-7-15(17)20;14-13-9-5-1-3-7-11(9)15-12-8-4-2-6-10(12)13;1-12-7-4-5(9(10)11)2-3-6(7)8/h2-12H,1H3,(H,21,22);1-8H,(H2,14,15);2-4H,1H3. The SMILES string of the molecule is COc1cc([N+](=O)[O-])ccc1F.COc1cc([N+](=O)[O-])ccc1Nc1c2ccccc2nc2ccccc12.Nc1c2ccccc2nc2ccccc12. The lowest BCUT2D eigenvalue weighted by Gasteiger charge is -2.15. The summed E-state index contributed by atoms with van der Waals surface area (Å²) in [5.41, 5.74) is 11.9. The first-order chi connectivity index (χ1) is 25.7. The van der Waals surface area contributed by atoms with E-state index >= 15 is 0 Å².